The van der Waals surface area contributed by atoms with Crippen LogP contribution >= 0.6 is 0 Å². The molecule has 18 heavy (non-hydrogen) atoms. The molecule has 0 aromatic carbocycles. The quantitative estimate of drug-likeness (QED) is 0.887. The van der Waals surface area contributed by atoms with Crippen LogP contribution in [0.5, 0.6) is 0 Å². The summed E-state index contributed by atoms with van der Waals surface area (Å²) in [6.45, 7) is 3.67. The van der Waals surface area contributed by atoms with Gasteiger partial charge in [-0.15, -0.1) is 0 Å². The maximum atomic E-state index is 12.4. The van der Waals surface area contributed by atoms with Gasteiger partial charge in [-0.3, -0.25) is 0 Å². The number of hydrogen-bond donors (Lipinski definition) is 1. The van der Waals surface area contributed by atoms with Crippen LogP contribution in [-0.2, 0) is 16.4 Å². The van der Waals surface area contributed by atoms with E-state index in [1.54, 1.807) is 26.1 Å². The first-order valence-electron chi connectivity index (χ1n) is 5.52. The molecule has 0 bridgehead atoms. The molecule has 2 heterocycles. The molecule has 2 N–H and O–H groups in total. The van der Waals surface area contributed by atoms with E-state index in [0.717, 1.165) is 5.56 Å². The van der Waals surface area contributed by atoms with Crippen LogP contribution < -0.4 is 5.73 Å². The largest absolute Gasteiger partial charge is 0.360 e. The molecule has 0 atom stereocenters. The van der Waals surface area contributed by atoms with Gasteiger partial charge in [0.15, 0.2) is 10.7 Å². The molecule has 0 radical (unpaired) electrons. The van der Waals surface area contributed by atoms with Crippen LogP contribution in [0.4, 0.5) is 0 Å². The molecule has 0 unspecified atom stereocenters. The van der Waals surface area contributed by atoms with Crippen molar-refractivity contribution < 1.29 is 12.9 Å². The molecule has 0 aliphatic rings. The first kappa shape index (κ1) is 12.8. The average molecular weight is 269 g/mol. The number of nitrogens with zero attached hydrogens (tertiary/aromatic N) is 2. The Hall–Kier alpha value is -1.60. The van der Waals surface area contributed by atoms with Gasteiger partial charge in [-0.1, -0.05) is 5.16 Å². The van der Waals surface area contributed by atoms with Gasteiger partial charge in [-0.25, -0.2) is 12.4 Å². The van der Waals surface area contributed by atoms with E-state index in [2.05, 4.69) is 5.16 Å². The van der Waals surface area contributed by atoms with Crippen molar-refractivity contribution in [2.75, 3.05) is 6.54 Å². The van der Waals surface area contributed by atoms with Crippen LogP contribution in [0.3, 0.4) is 0 Å². The van der Waals surface area contributed by atoms with Crippen LogP contribution in [-0.4, -0.2) is 24.1 Å². The third-order valence-electron chi connectivity index (χ3n) is 2.66. The maximum absolute atomic E-state index is 12.4. The highest BCUT2D eigenvalue weighted by Gasteiger charge is 2.25. The monoisotopic (exact) mass is 269 g/mol. The molecule has 0 spiro atoms. The lowest BCUT2D eigenvalue weighted by Crippen LogP contribution is -2.12. The average Bonchev–Trinajstić information content (AvgIpc) is 2.87. The second-order valence-electron chi connectivity index (χ2n) is 4.05. The van der Waals surface area contributed by atoms with Crippen molar-refractivity contribution >= 4 is 10.0 Å². The predicted molar refractivity (Wildman–Crippen MR) is 65.8 cm³/mol. The summed E-state index contributed by atoms with van der Waals surface area (Å²) in [5, 5.41) is 3.66. The standard InChI is InChI=1S/C11H15N3O3S/c1-8-11(9(2)17-13-8)18(15,16)14-6-4-10(7-14)3-5-12/h4,6-7H,3,5,12H2,1-2H3. The van der Waals surface area contributed by atoms with Crippen LogP contribution in [0.25, 0.3) is 0 Å². The van der Waals surface area contributed by atoms with Crippen LogP contribution in [0, 0.1) is 13.8 Å². The van der Waals surface area contributed by atoms with E-state index in [-0.39, 0.29) is 4.90 Å². The van der Waals surface area contributed by atoms with Gasteiger partial charge in [0.25, 0.3) is 10.0 Å². The van der Waals surface area contributed by atoms with Crippen molar-refractivity contribution in [3.05, 3.63) is 35.5 Å². The summed E-state index contributed by atoms with van der Waals surface area (Å²) >= 11 is 0. The molecule has 2 aromatic heterocycles. The molecule has 0 saturated carbocycles. The van der Waals surface area contributed by atoms with E-state index >= 15 is 0 Å². The van der Waals surface area contributed by atoms with Gasteiger partial charge in [0.05, 0.1) is 0 Å². The maximum Gasteiger partial charge on any atom is 0.273 e. The summed E-state index contributed by atoms with van der Waals surface area (Å²) in [7, 11) is -3.63. The van der Waals surface area contributed by atoms with Crippen molar-refractivity contribution in [1.82, 2.24) is 9.13 Å². The van der Waals surface area contributed by atoms with Crippen molar-refractivity contribution in [1.29, 1.82) is 0 Å². The summed E-state index contributed by atoms with van der Waals surface area (Å²) in [6, 6.07) is 1.74. The number of aromatic nitrogens is 2. The Bertz CT molecular complexity index is 635. The zero-order chi connectivity index (χ0) is 13.3. The molecule has 98 valence electrons. The molecule has 0 aliphatic heterocycles. The Morgan fingerprint density at radius 2 is 2.17 bits per heavy atom. The number of nitrogens with two attached hydrogens (primary N) is 1. The molecular weight excluding hydrogens is 254 g/mol. The van der Waals surface area contributed by atoms with Crippen molar-refractivity contribution in [3.8, 4) is 0 Å². The molecule has 0 fully saturated rings. The molecule has 7 heteroatoms. The first-order valence-corrected chi connectivity index (χ1v) is 6.96. The minimum Gasteiger partial charge on any atom is -0.360 e. The van der Waals surface area contributed by atoms with E-state index in [0.29, 0.717) is 24.4 Å². The van der Waals surface area contributed by atoms with Crippen molar-refractivity contribution in [2.24, 2.45) is 5.73 Å². The fraction of sp³-hybridized carbons (Fsp3) is 0.364. The fourth-order valence-electron chi connectivity index (χ4n) is 1.83. The molecule has 0 aliphatic carbocycles. The van der Waals surface area contributed by atoms with Crippen LogP contribution in [0.15, 0.2) is 27.9 Å². The van der Waals surface area contributed by atoms with Gasteiger partial charge in [0.1, 0.15) is 5.69 Å². The highest BCUT2D eigenvalue weighted by atomic mass is 32.2. The minimum absolute atomic E-state index is 0.123. The topological polar surface area (TPSA) is 91.1 Å². The summed E-state index contributed by atoms with van der Waals surface area (Å²) in [6.07, 6.45) is 3.71. The molecule has 0 saturated heterocycles. The lowest BCUT2D eigenvalue weighted by molar-refractivity contribution is 0.390. The fourth-order valence-corrected chi connectivity index (χ4v) is 3.35. The number of aryl methyl sites for hydroxylation is 2. The van der Waals surface area contributed by atoms with E-state index in [9.17, 15) is 8.42 Å². The molecule has 0 amide bonds. The Labute approximate surface area is 105 Å². The van der Waals surface area contributed by atoms with Gasteiger partial charge in [-0.2, -0.15) is 0 Å². The summed E-state index contributed by atoms with van der Waals surface area (Å²) < 4.78 is 30.8. The van der Waals surface area contributed by atoms with Gasteiger partial charge in [-0.05, 0) is 38.4 Å². The smallest absolute Gasteiger partial charge is 0.273 e. The Morgan fingerprint density at radius 1 is 1.44 bits per heavy atom. The van der Waals surface area contributed by atoms with E-state index in [1.165, 1.54) is 10.2 Å². The first-order chi connectivity index (χ1) is 8.46. The number of rotatable bonds is 4. The zero-order valence-corrected chi connectivity index (χ0v) is 11.1. The lowest BCUT2D eigenvalue weighted by Gasteiger charge is -2.04. The van der Waals surface area contributed by atoms with Gasteiger partial charge in [0, 0.05) is 12.4 Å². The van der Waals surface area contributed by atoms with Gasteiger partial charge in [0.2, 0.25) is 0 Å². The summed E-state index contributed by atoms with van der Waals surface area (Å²) in [5.41, 5.74) is 6.68. The normalized spacial score (nSPS) is 11.9. The van der Waals surface area contributed by atoms with E-state index in [1.807, 2.05) is 0 Å². The molecule has 2 rings (SSSR count). The minimum atomic E-state index is -3.63. The predicted octanol–water partition coefficient (Wildman–Crippen LogP) is 0.831. The van der Waals surface area contributed by atoms with Gasteiger partial charge < -0.3 is 10.3 Å². The Kier molecular flexibility index (Phi) is 3.27. The molecule has 2 aromatic rings. The van der Waals surface area contributed by atoms with Crippen molar-refractivity contribution in [2.45, 2.75) is 25.2 Å². The van der Waals surface area contributed by atoms with E-state index < -0.39 is 10.0 Å². The molecule has 6 nitrogen and oxygen atoms in total. The number of hydrogen-bond acceptors (Lipinski definition) is 5. The van der Waals surface area contributed by atoms with E-state index in [4.69, 9.17) is 10.3 Å². The van der Waals surface area contributed by atoms with Crippen LogP contribution in [0.1, 0.15) is 17.0 Å². The SMILES string of the molecule is Cc1noc(C)c1S(=O)(=O)n1ccc(CCN)c1. The summed E-state index contributed by atoms with van der Waals surface area (Å²) in [4.78, 5) is 0.123. The highest BCUT2D eigenvalue weighted by Crippen LogP contribution is 2.22. The summed E-state index contributed by atoms with van der Waals surface area (Å²) in [5.74, 6) is 0.293. The second-order valence-corrected chi connectivity index (χ2v) is 5.83. The highest BCUT2D eigenvalue weighted by molar-refractivity contribution is 7.90. The third-order valence-corrected chi connectivity index (χ3v) is 4.55. The van der Waals surface area contributed by atoms with Gasteiger partial charge >= 0.3 is 0 Å². The second kappa shape index (κ2) is 4.58. The molecular formula is C11H15N3O3S. The van der Waals surface area contributed by atoms with Crippen LogP contribution in [0.2, 0.25) is 0 Å². The Balaban J connectivity index is 2.48. The third kappa shape index (κ3) is 2.06. The van der Waals surface area contributed by atoms with Crippen molar-refractivity contribution in [3.63, 3.8) is 0 Å². The Morgan fingerprint density at radius 3 is 2.72 bits per heavy atom. The zero-order valence-electron chi connectivity index (χ0n) is 10.3. The lowest BCUT2D eigenvalue weighted by atomic mass is 10.2.